The summed E-state index contributed by atoms with van der Waals surface area (Å²) in [5.74, 6) is 0. The fourth-order valence-corrected chi connectivity index (χ4v) is 9.51. The SMILES string of the molecule is N#Cc1cc(-n2c3ccccc3c3ccc4c5ccccc5oc4c32)c(-c2c(C(F)(F)F)cccc2C(F)(F)F)cc1-n1c2ccccc2c2ccc3c4ccccc4oc3c21. The fourth-order valence-electron chi connectivity index (χ4n) is 9.51. The third-order valence-corrected chi connectivity index (χ3v) is 12.0. The second kappa shape index (κ2) is 12.5. The van der Waals surface area contributed by atoms with E-state index in [-0.39, 0.29) is 16.9 Å². The number of nitriles is 1. The summed E-state index contributed by atoms with van der Waals surface area (Å²) in [6.45, 7) is 0. The molecule has 12 aromatic rings. The molecule has 0 aliphatic heterocycles. The van der Waals surface area contributed by atoms with Crippen LogP contribution in [-0.2, 0) is 12.4 Å². The molecule has 0 unspecified atom stereocenters. The largest absolute Gasteiger partial charge is 0.454 e. The molecule has 0 saturated carbocycles. The van der Waals surface area contributed by atoms with Crippen molar-refractivity contribution in [1.82, 2.24) is 9.13 Å². The molecule has 0 amide bonds. The lowest BCUT2D eigenvalue weighted by Crippen LogP contribution is -2.15. The van der Waals surface area contributed by atoms with Crippen LogP contribution in [0.3, 0.4) is 0 Å². The van der Waals surface area contributed by atoms with Crippen LogP contribution in [0.1, 0.15) is 16.7 Å². The van der Waals surface area contributed by atoms with Gasteiger partial charge in [0, 0.05) is 54.2 Å². The molecule has 298 valence electrons. The first-order valence-electron chi connectivity index (χ1n) is 19.5. The predicted octanol–water partition coefficient (Wildman–Crippen LogP) is 15.3. The van der Waals surface area contributed by atoms with Crippen LogP contribution < -0.4 is 0 Å². The summed E-state index contributed by atoms with van der Waals surface area (Å²) in [5.41, 5.74) is -0.590. The lowest BCUT2D eigenvalue weighted by Gasteiger charge is -2.23. The Balaban J connectivity index is 1.31. The molecule has 12 rings (SSSR count). The average molecular weight is 826 g/mol. The Morgan fingerprint density at radius 3 is 1.35 bits per heavy atom. The van der Waals surface area contributed by atoms with Gasteiger partial charge in [0.1, 0.15) is 17.2 Å². The van der Waals surface area contributed by atoms with Crippen molar-refractivity contribution in [3.8, 4) is 28.6 Å². The van der Waals surface area contributed by atoms with Crippen molar-refractivity contribution in [2.45, 2.75) is 12.4 Å². The number of hydrogen-bond donors (Lipinski definition) is 0. The van der Waals surface area contributed by atoms with E-state index in [9.17, 15) is 5.26 Å². The highest BCUT2D eigenvalue weighted by Crippen LogP contribution is 2.50. The monoisotopic (exact) mass is 825 g/mol. The first kappa shape index (κ1) is 35.9. The number of fused-ring (bicyclic) bond motifs is 14. The van der Waals surface area contributed by atoms with Crippen molar-refractivity contribution in [3.63, 3.8) is 0 Å². The molecule has 62 heavy (non-hydrogen) atoms. The Labute approximate surface area is 345 Å². The molecule has 0 spiro atoms. The average Bonchev–Trinajstić information content (AvgIpc) is 4.03. The van der Waals surface area contributed by atoms with Gasteiger partial charge in [-0.3, -0.25) is 0 Å². The lowest BCUT2D eigenvalue weighted by atomic mass is 9.90. The third kappa shape index (κ3) is 4.92. The molecule has 0 fully saturated rings. The molecule has 8 aromatic carbocycles. The van der Waals surface area contributed by atoms with Gasteiger partial charge in [-0.1, -0.05) is 91.0 Å². The fraction of sp³-hybridized carbons (Fsp3) is 0.0392. The van der Waals surface area contributed by atoms with Crippen LogP contribution in [0.5, 0.6) is 0 Å². The Morgan fingerprint density at radius 1 is 0.435 bits per heavy atom. The summed E-state index contributed by atoms with van der Waals surface area (Å²) in [5, 5.41) is 17.0. The molecule has 11 heteroatoms. The summed E-state index contributed by atoms with van der Waals surface area (Å²) < 4.78 is 109. The minimum Gasteiger partial charge on any atom is -0.454 e. The van der Waals surface area contributed by atoms with Gasteiger partial charge in [-0.15, -0.1) is 0 Å². The van der Waals surface area contributed by atoms with Crippen LogP contribution in [0.2, 0.25) is 0 Å². The number of benzene rings is 8. The summed E-state index contributed by atoms with van der Waals surface area (Å²) >= 11 is 0. The van der Waals surface area contributed by atoms with Crippen molar-refractivity contribution in [2.24, 2.45) is 0 Å². The van der Waals surface area contributed by atoms with Crippen molar-refractivity contribution < 1.29 is 35.2 Å². The highest BCUT2D eigenvalue weighted by atomic mass is 19.4. The van der Waals surface area contributed by atoms with E-state index in [0.717, 1.165) is 27.6 Å². The summed E-state index contributed by atoms with van der Waals surface area (Å²) in [7, 11) is 0. The van der Waals surface area contributed by atoms with Gasteiger partial charge in [-0.25, -0.2) is 0 Å². The number of hydrogen-bond acceptors (Lipinski definition) is 3. The van der Waals surface area contributed by atoms with E-state index >= 15 is 26.3 Å². The highest BCUT2D eigenvalue weighted by molar-refractivity contribution is 6.23. The van der Waals surface area contributed by atoms with Gasteiger partial charge >= 0.3 is 12.4 Å². The van der Waals surface area contributed by atoms with Crippen LogP contribution in [-0.4, -0.2) is 9.13 Å². The summed E-state index contributed by atoms with van der Waals surface area (Å²) in [6, 6.07) is 43.9. The zero-order chi connectivity index (χ0) is 42.2. The molecule has 0 atom stereocenters. The standard InChI is InChI=1S/C51H25F6N3O2/c52-50(53,54)37-14-9-15-38(51(55,56)57)45(37)36-25-41(59-39-16-5-1-10-28(39)32-20-22-34-30-12-3-7-18-43(30)61-48(34)46(32)59)27(26-58)24-42(36)60-40-17-6-2-11-29(40)33-21-23-35-31-13-4-8-19-44(31)62-49(35)47(33)60/h1-25H. The summed E-state index contributed by atoms with van der Waals surface area (Å²) in [4.78, 5) is 0. The van der Waals surface area contributed by atoms with E-state index in [2.05, 4.69) is 6.07 Å². The molecule has 0 aliphatic carbocycles. The smallest absolute Gasteiger partial charge is 0.417 e. The second-order valence-corrected chi connectivity index (χ2v) is 15.3. The van der Waals surface area contributed by atoms with E-state index in [0.29, 0.717) is 78.1 Å². The van der Waals surface area contributed by atoms with Gasteiger partial charge in [-0.2, -0.15) is 31.6 Å². The molecule has 0 bridgehead atoms. The van der Waals surface area contributed by atoms with E-state index in [1.54, 1.807) is 45.5 Å². The molecule has 0 radical (unpaired) electrons. The van der Waals surface area contributed by atoms with Gasteiger partial charge in [-0.05, 0) is 60.7 Å². The van der Waals surface area contributed by atoms with Crippen molar-refractivity contribution >= 4 is 87.5 Å². The van der Waals surface area contributed by atoms with E-state index in [4.69, 9.17) is 8.83 Å². The third-order valence-electron chi connectivity index (χ3n) is 12.0. The van der Waals surface area contributed by atoms with Gasteiger partial charge in [0.25, 0.3) is 0 Å². The van der Waals surface area contributed by atoms with Crippen molar-refractivity contribution in [2.75, 3.05) is 0 Å². The molecular formula is C51H25F6N3O2. The van der Waals surface area contributed by atoms with Crippen LogP contribution >= 0.6 is 0 Å². The number of rotatable bonds is 3. The van der Waals surface area contributed by atoms with Gasteiger partial charge in [0.2, 0.25) is 0 Å². The van der Waals surface area contributed by atoms with E-state index < -0.39 is 34.6 Å². The normalized spacial score (nSPS) is 12.7. The van der Waals surface area contributed by atoms with Gasteiger partial charge in [0.05, 0.1) is 50.1 Å². The molecule has 5 nitrogen and oxygen atoms in total. The Bertz CT molecular complexity index is 3900. The Hall–Kier alpha value is -7.97. The second-order valence-electron chi connectivity index (χ2n) is 15.3. The highest BCUT2D eigenvalue weighted by Gasteiger charge is 2.42. The van der Waals surface area contributed by atoms with Crippen LogP contribution in [0.4, 0.5) is 26.3 Å². The van der Waals surface area contributed by atoms with Crippen LogP contribution in [0.15, 0.2) is 160 Å². The minimum absolute atomic E-state index is 0.0136. The first-order chi connectivity index (χ1) is 30.0. The molecule has 4 aromatic heterocycles. The zero-order valence-electron chi connectivity index (χ0n) is 31.9. The molecule has 0 aliphatic rings. The summed E-state index contributed by atoms with van der Waals surface area (Å²) in [6.07, 6.45) is -10.4. The van der Waals surface area contributed by atoms with Crippen molar-refractivity contribution in [1.29, 1.82) is 5.26 Å². The topological polar surface area (TPSA) is 59.9 Å². The Morgan fingerprint density at radius 2 is 0.871 bits per heavy atom. The molecule has 4 heterocycles. The maximum absolute atomic E-state index is 15.4. The van der Waals surface area contributed by atoms with Gasteiger partial charge in [0.15, 0.2) is 11.2 Å². The maximum Gasteiger partial charge on any atom is 0.417 e. The number of aromatic nitrogens is 2. The predicted molar refractivity (Wildman–Crippen MR) is 230 cm³/mol. The van der Waals surface area contributed by atoms with Crippen LogP contribution in [0, 0.1) is 11.3 Å². The number of alkyl halides is 6. The molecule has 0 N–H and O–H groups in total. The molecular weight excluding hydrogens is 801 g/mol. The van der Waals surface area contributed by atoms with Crippen LogP contribution in [0.25, 0.3) is 110 Å². The van der Waals surface area contributed by atoms with Gasteiger partial charge < -0.3 is 18.0 Å². The first-order valence-corrected chi connectivity index (χ1v) is 19.5. The number of nitrogens with zero attached hydrogens (tertiary/aromatic N) is 3. The maximum atomic E-state index is 15.4. The minimum atomic E-state index is -5.22. The quantitative estimate of drug-likeness (QED) is 0.167. The number of furan rings is 2. The molecule has 0 saturated heterocycles. The van der Waals surface area contributed by atoms with E-state index in [1.165, 1.54) is 12.1 Å². The zero-order valence-corrected chi connectivity index (χ0v) is 31.9. The van der Waals surface area contributed by atoms with Crippen molar-refractivity contribution in [3.05, 3.63) is 168 Å². The Kier molecular flexibility index (Phi) is 7.26. The number of halogens is 6. The lowest BCUT2D eigenvalue weighted by molar-refractivity contribution is -0.142. The van der Waals surface area contributed by atoms with E-state index in [1.807, 2.05) is 84.9 Å². The number of para-hydroxylation sites is 4.